The molecule has 0 aliphatic heterocycles. The third-order valence-electron chi connectivity index (χ3n) is 4.33. The molecule has 0 saturated carbocycles. The van der Waals surface area contributed by atoms with Crippen molar-refractivity contribution >= 4 is 45.5 Å². The Labute approximate surface area is 196 Å². The number of hydrogen-bond acceptors (Lipinski definition) is 6. The van der Waals surface area contributed by atoms with Crippen molar-refractivity contribution in [1.29, 1.82) is 0 Å². The number of anilines is 1. The number of esters is 1. The number of amides is 1. The summed E-state index contributed by atoms with van der Waals surface area (Å²) in [5.41, 5.74) is 1.35. The van der Waals surface area contributed by atoms with Crippen molar-refractivity contribution in [2.24, 2.45) is 0 Å². The second-order valence-electron chi connectivity index (χ2n) is 6.71. The summed E-state index contributed by atoms with van der Waals surface area (Å²) >= 11 is 6.66. The molecule has 0 atom stereocenters. The maximum atomic E-state index is 12.4. The van der Waals surface area contributed by atoms with Crippen LogP contribution < -0.4 is 15.4 Å². The molecule has 0 aliphatic carbocycles. The maximum absolute atomic E-state index is 12.4. The van der Waals surface area contributed by atoms with Crippen LogP contribution in [-0.4, -0.2) is 30.2 Å². The van der Waals surface area contributed by atoms with Gasteiger partial charge in [0.2, 0.25) is 5.91 Å². The number of carbonyl (C=O) groups excluding carboxylic acids is 2. The zero-order valence-corrected chi connectivity index (χ0v) is 19.3. The minimum Gasteiger partial charge on any atom is -0.494 e. The first-order valence-corrected chi connectivity index (χ1v) is 11.4. The largest absolute Gasteiger partial charge is 0.494 e. The number of carbonyl (C=O) groups is 2. The molecule has 2 N–H and O–H groups in total. The number of nitrogens with one attached hydrogen (secondary N) is 2. The molecule has 3 aromatic rings. The molecule has 32 heavy (non-hydrogen) atoms. The number of rotatable bonds is 9. The fraction of sp³-hybridized carbons (Fsp3) is 0.208. The van der Waals surface area contributed by atoms with E-state index in [1.54, 1.807) is 13.0 Å². The van der Waals surface area contributed by atoms with Crippen molar-refractivity contribution in [1.82, 2.24) is 5.32 Å². The van der Waals surface area contributed by atoms with Crippen LogP contribution in [0.5, 0.6) is 5.75 Å². The first-order valence-electron chi connectivity index (χ1n) is 10.2. The van der Waals surface area contributed by atoms with E-state index in [9.17, 15) is 9.59 Å². The van der Waals surface area contributed by atoms with Gasteiger partial charge >= 0.3 is 5.97 Å². The standard InChI is InChI=1S/C24H24N2O4S2/c1-2-29-23(28)19-16-20(17-10-5-3-6-11-17)32-22(19)26-24(31)25-21(27)14-9-15-30-18-12-7-4-8-13-18/h3-8,10-13,16H,2,9,14-15H2,1H3,(H2,25,26,27,31). The van der Waals surface area contributed by atoms with Crippen molar-refractivity contribution in [3.63, 3.8) is 0 Å². The van der Waals surface area contributed by atoms with E-state index < -0.39 is 5.97 Å². The van der Waals surface area contributed by atoms with Crippen molar-refractivity contribution in [2.75, 3.05) is 18.5 Å². The quantitative estimate of drug-likeness (QED) is 0.253. The highest BCUT2D eigenvalue weighted by Gasteiger charge is 2.19. The second kappa shape index (κ2) is 12.0. The number of thiocarbonyl (C=S) groups is 1. The first-order chi connectivity index (χ1) is 15.6. The lowest BCUT2D eigenvalue weighted by Crippen LogP contribution is -2.34. The zero-order valence-electron chi connectivity index (χ0n) is 17.6. The second-order valence-corrected chi connectivity index (χ2v) is 8.17. The molecule has 1 amide bonds. The minimum atomic E-state index is -0.444. The van der Waals surface area contributed by atoms with Gasteiger partial charge in [0.05, 0.1) is 18.8 Å². The number of thiophene rings is 1. The van der Waals surface area contributed by atoms with Crippen LogP contribution in [0.2, 0.25) is 0 Å². The third kappa shape index (κ3) is 6.90. The Morgan fingerprint density at radius 1 is 1.03 bits per heavy atom. The Bertz CT molecular complexity index is 1050. The average Bonchev–Trinajstić information content (AvgIpc) is 3.22. The molecule has 0 aliphatic rings. The molecular formula is C24H24N2O4S2. The highest BCUT2D eigenvalue weighted by atomic mass is 32.1. The first kappa shape index (κ1) is 23.4. The Balaban J connectivity index is 1.56. The smallest absolute Gasteiger partial charge is 0.341 e. The molecule has 0 unspecified atom stereocenters. The van der Waals surface area contributed by atoms with Crippen molar-refractivity contribution in [2.45, 2.75) is 19.8 Å². The summed E-state index contributed by atoms with van der Waals surface area (Å²) in [4.78, 5) is 25.5. The molecule has 0 spiro atoms. The molecule has 166 valence electrons. The molecule has 1 aromatic heterocycles. The summed E-state index contributed by atoms with van der Waals surface area (Å²) in [7, 11) is 0. The van der Waals surface area contributed by atoms with Gasteiger partial charge in [0.1, 0.15) is 10.8 Å². The highest BCUT2D eigenvalue weighted by Crippen LogP contribution is 2.35. The van der Waals surface area contributed by atoms with Crippen molar-refractivity contribution in [3.05, 3.63) is 72.3 Å². The van der Waals surface area contributed by atoms with E-state index >= 15 is 0 Å². The number of para-hydroxylation sites is 1. The number of hydrogen-bond donors (Lipinski definition) is 2. The van der Waals surface area contributed by atoms with Crippen LogP contribution in [-0.2, 0) is 9.53 Å². The van der Waals surface area contributed by atoms with Gasteiger partial charge in [0, 0.05) is 11.3 Å². The van der Waals surface area contributed by atoms with Crippen LogP contribution in [0.1, 0.15) is 30.1 Å². The van der Waals surface area contributed by atoms with Crippen LogP contribution in [0.25, 0.3) is 10.4 Å². The molecule has 1 heterocycles. The molecule has 0 fully saturated rings. The van der Waals surface area contributed by atoms with Gasteiger partial charge in [-0.3, -0.25) is 4.79 Å². The Morgan fingerprint density at radius 3 is 2.41 bits per heavy atom. The van der Waals surface area contributed by atoms with Gasteiger partial charge in [-0.25, -0.2) is 4.79 Å². The summed E-state index contributed by atoms with van der Waals surface area (Å²) in [5, 5.41) is 6.29. The summed E-state index contributed by atoms with van der Waals surface area (Å²) in [6, 6.07) is 20.9. The molecule has 0 bridgehead atoms. The number of benzene rings is 2. The highest BCUT2D eigenvalue weighted by molar-refractivity contribution is 7.80. The van der Waals surface area contributed by atoms with Crippen LogP contribution in [0.4, 0.5) is 5.00 Å². The third-order valence-corrected chi connectivity index (χ3v) is 5.63. The molecule has 2 aromatic carbocycles. The van der Waals surface area contributed by atoms with Gasteiger partial charge < -0.3 is 20.1 Å². The van der Waals surface area contributed by atoms with E-state index in [-0.39, 0.29) is 24.0 Å². The minimum absolute atomic E-state index is 0.131. The Kier molecular flexibility index (Phi) is 8.77. The lowest BCUT2D eigenvalue weighted by Gasteiger charge is -2.10. The van der Waals surface area contributed by atoms with Crippen LogP contribution in [0, 0.1) is 0 Å². The van der Waals surface area contributed by atoms with E-state index in [0.717, 1.165) is 16.2 Å². The lowest BCUT2D eigenvalue weighted by molar-refractivity contribution is -0.119. The van der Waals surface area contributed by atoms with Crippen molar-refractivity contribution in [3.8, 4) is 16.2 Å². The van der Waals surface area contributed by atoms with Gasteiger partial charge in [0.25, 0.3) is 0 Å². The molecule has 0 saturated heterocycles. The topological polar surface area (TPSA) is 76.7 Å². The van der Waals surface area contributed by atoms with Crippen molar-refractivity contribution < 1.29 is 19.1 Å². The van der Waals surface area contributed by atoms with Gasteiger partial charge in [-0.2, -0.15) is 0 Å². The van der Waals surface area contributed by atoms with Gasteiger partial charge in [-0.1, -0.05) is 48.5 Å². The Morgan fingerprint density at radius 2 is 1.72 bits per heavy atom. The van der Waals surface area contributed by atoms with Crippen LogP contribution in [0.15, 0.2) is 66.7 Å². The maximum Gasteiger partial charge on any atom is 0.341 e. The molecular weight excluding hydrogens is 444 g/mol. The van der Waals surface area contributed by atoms with E-state index in [1.165, 1.54) is 11.3 Å². The van der Waals surface area contributed by atoms with E-state index in [1.807, 2.05) is 60.7 Å². The molecule has 0 radical (unpaired) electrons. The van der Waals surface area contributed by atoms with Gasteiger partial charge in [0.15, 0.2) is 5.11 Å². The fourth-order valence-electron chi connectivity index (χ4n) is 2.85. The van der Waals surface area contributed by atoms with E-state index in [0.29, 0.717) is 23.6 Å². The average molecular weight is 469 g/mol. The van der Waals surface area contributed by atoms with Gasteiger partial charge in [-0.05, 0) is 49.3 Å². The monoisotopic (exact) mass is 468 g/mol. The van der Waals surface area contributed by atoms with Gasteiger partial charge in [-0.15, -0.1) is 11.3 Å². The van der Waals surface area contributed by atoms with Crippen LogP contribution in [0.3, 0.4) is 0 Å². The van der Waals surface area contributed by atoms with Crippen LogP contribution >= 0.6 is 23.6 Å². The molecule has 3 rings (SSSR count). The van der Waals surface area contributed by atoms with E-state index in [2.05, 4.69) is 10.6 Å². The Hall–Kier alpha value is -3.23. The summed E-state index contributed by atoms with van der Waals surface area (Å²) < 4.78 is 10.8. The summed E-state index contributed by atoms with van der Waals surface area (Å²) in [6.07, 6.45) is 0.813. The zero-order chi connectivity index (χ0) is 22.8. The fourth-order valence-corrected chi connectivity index (χ4v) is 4.19. The summed E-state index contributed by atoms with van der Waals surface area (Å²) in [6.45, 7) is 2.44. The molecule has 6 nitrogen and oxygen atoms in total. The normalized spacial score (nSPS) is 10.3. The van der Waals surface area contributed by atoms with E-state index in [4.69, 9.17) is 21.7 Å². The SMILES string of the molecule is CCOC(=O)c1cc(-c2ccccc2)sc1NC(=S)NC(=O)CCCOc1ccccc1. The predicted octanol–water partition coefficient (Wildman–Crippen LogP) is 5.26. The predicted molar refractivity (Wildman–Crippen MR) is 131 cm³/mol. The number of ether oxygens (including phenoxy) is 2. The lowest BCUT2D eigenvalue weighted by atomic mass is 10.1. The summed E-state index contributed by atoms with van der Waals surface area (Å²) in [5.74, 6) is 0.0980. The molecule has 8 heteroatoms.